The molecule has 0 bridgehead atoms. The summed E-state index contributed by atoms with van der Waals surface area (Å²) in [5.41, 5.74) is 1.42. The van der Waals surface area contributed by atoms with E-state index in [2.05, 4.69) is 47.4 Å². The molecule has 1 aromatic rings. The third-order valence-corrected chi connectivity index (χ3v) is 5.33. The van der Waals surface area contributed by atoms with Crippen molar-refractivity contribution >= 4 is 24.0 Å². The highest BCUT2D eigenvalue weighted by atomic mass is 35.5. The van der Waals surface area contributed by atoms with Crippen molar-refractivity contribution in [3.63, 3.8) is 0 Å². The molecular formula is C18H25Cl2N. The first-order valence-corrected chi connectivity index (χ1v) is 8.37. The summed E-state index contributed by atoms with van der Waals surface area (Å²) in [6.07, 6.45) is 8.59. The second kappa shape index (κ2) is 8.22. The molecule has 21 heavy (non-hydrogen) atoms. The first kappa shape index (κ1) is 16.9. The zero-order valence-electron chi connectivity index (χ0n) is 12.5. The molecule has 0 aromatic heterocycles. The fourth-order valence-electron chi connectivity index (χ4n) is 3.86. The number of hydrogen-bond donors (Lipinski definition) is 0. The van der Waals surface area contributed by atoms with Crippen LogP contribution in [0.25, 0.3) is 0 Å². The summed E-state index contributed by atoms with van der Waals surface area (Å²) in [7, 11) is 0. The van der Waals surface area contributed by atoms with Crippen LogP contribution in [-0.4, -0.2) is 23.9 Å². The Kier molecular flexibility index (Phi) is 6.60. The maximum atomic E-state index is 6.25. The van der Waals surface area contributed by atoms with Crippen LogP contribution in [0.15, 0.2) is 42.5 Å². The Morgan fingerprint density at radius 1 is 1.10 bits per heavy atom. The van der Waals surface area contributed by atoms with Crippen LogP contribution in [0, 0.1) is 17.8 Å². The molecular weight excluding hydrogens is 301 g/mol. The second-order valence-electron chi connectivity index (χ2n) is 6.30. The number of benzene rings is 1. The Bertz CT molecular complexity index is 446. The van der Waals surface area contributed by atoms with Crippen molar-refractivity contribution in [2.75, 3.05) is 19.0 Å². The predicted octanol–water partition coefficient (Wildman–Crippen LogP) is 4.75. The number of rotatable bonds is 4. The van der Waals surface area contributed by atoms with Gasteiger partial charge in [-0.25, -0.2) is 0 Å². The Hall–Kier alpha value is -0.500. The summed E-state index contributed by atoms with van der Waals surface area (Å²) in [4.78, 5) is 2.60. The minimum absolute atomic E-state index is 0. The number of alkyl halides is 1. The minimum atomic E-state index is 0. The van der Waals surface area contributed by atoms with Crippen LogP contribution in [0.4, 0.5) is 0 Å². The normalized spacial score (nSPS) is 29.3. The largest absolute Gasteiger partial charge is 0.298 e. The molecule has 3 heteroatoms. The topological polar surface area (TPSA) is 3.24 Å². The van der Waals surface area contributed by atoms with E-state index in [1.54, 1.807) is 0 Å². The average molecular weight is 326 g/mol. The van der Waals surface area contributed by atoms with Gasteiger partial charge in [-0.05, 0) is 42.6 Å². The predicted molar refractivity (Wildman–Crippen MR) is 93.1 cm³/mol. The van der Waals surface area contributed by atoms with Gasteiger partial charge < -0.3 is 0 Å². The highest BCUT2D eigenvalue weighted by Gasteiger charge is 2.36. The van der Waals surface area contributed by atoms with E-state index in [0.717, 1.165) is 24.3 Å². The van der Waals surface area contributed by atoms with Gasteiger partial charge in [0.25, 0.3) is 0 Å². The van der Waals surface area contributed by atoms with Gasteiger partial charge in [0.1, 0.15) is 0 Å². The van der Waals surface area contributed by atoms with Crippen LogP contribution < -0.4 is 0 Å². The molecule has 1 fully saturated rings. The fourth-order valence-corrected chi connectivity index (χ4v) is 4.19. The van der Waals surface area contributed by atoms with Gasteiger partial charge in [0.05, 0.1) is 0 Å². The molecule has 1 unspecified atom stereocenters. The lowest BCUT2D eigenvalue weighted by Crippen LogP contribution is -2.25. The number of hydrogen-bond acceptors (Lipinski definition) is 1. The van der Waals surface area contributed by atoms with E-state index >= 15 is 0 Å². The molecule has 1 nitrogen and oxygen atoms in total. The van der Waals surface area contributed by atoms with Crippen molar-refractivity contribution in [2.24, 2.45) is 17.8 Å². The maximum Gasteiger partial charge on any atom is 0.0267 e. The molecule has 1 aliphatic carbocycles. The second-order valence-corrected chi connectivity index (χ2v) is 6.61. The maximum absolute atomic E-state index is 6.25. The van der Waals surface area contributed by atoms with Gasteiger partial charge >= 0.3 is 0 Å². The van der Waals surface area contributed by atoms with Gasteiger partial charge in [0.15, 0.2) is 0 Å². The molecule has 116 valence electrons. The third kappa shape index (κ3) is 4.25. The summed E-state index contributed by atoms with van der Waals surface area (Å²) in [5.74, 6) is 3.14. The Balaban J connectivity index is 0.00000161. The number of halogens is 2. The first-order chi connectivity index (χ1) is 9.86. The third-order valence-electron chi connectivity index (χ3n) is 4.93. The Morgan fingerprint density at radius 2 is 1.90 bits per heavy atom. The van der Waals surface area contributed by atoms with Crippen LogP contribution in [0.3, 0.4) is 0 Å². The van der Waals surface area contributed by atoms with Crippen molar-refractivity contribution in [2.45, 2.75) is 25.8 Å². The van der Waals surface area contributed by atoms with Gasteiger partial charge in [-0.15, -0.1) is 24.0 Å². The lowest BCUT2D eigenvalue weighted by molar-refractivity contribution is 0.258. The van der Waals surface area contributed by atoms with Crippen LogP contribution >= 0.6 is 24.0 Å². The monoisotopic (exact) mass is 325 g/mol. The van der Waals surface area contributed by atoms with Crippen molar-refractivity contribution < 1.29 is 0 Å². The van der Waals surface area contributed by atoms with E-state index in [9.17, 15) is 0 Å². The quantitative estimate of drug-likeness (QED) is 0.570. The average Bonchev–Trinajstić information content (AvgIpc) is 2.92. The zero-order chi connectivity index (χ0) is 13.8. The number of allylic oxidation sites excluding steroid dienone is 2. The summed E-state index contributed by atoms with van der Waals surface area (Å²) in [5, 5.41) is 0. The van der Waals surface area contributed by atoms with Crippen molar-refractivity contribution in [1.29, 1.82) is 0 Å². The molecule has 0 spiro atoms. The smallest absolute Gasteiger partial charge is 0.0267 e. The van der Waals surface area contributed by atoms with Gasteiger partial charge in [-0.3, -0.25) is 4.90 Å². The molecule has 0 saturated carbocycles. The van der Waals surface area contributed by atoms with Crippen molar-refractivity contribution in [3.8, 4) is 0 Å². The molecule has 3 rings (SSSR count). The Morgan fingerprint density at radius 3 is 2.57 bits per heavy atom. The van der Waals surface area contributed by atoms with Crippen LogP contribution in [0.1, 0.15) is 24.8 Å². The molecule has 1 aromatic carbocycles. The van der Waals surface area contributed by atoms with Gasteiger partial charge in [0.2, 0.25) is 0 Å². The van der Waals surface area contributed by atoms with Crippen LogP contribution in [-0.2, 0) is 6.54 Å². The van der Waals surface area contributed by atoms with Crippen LogP contribution in [0.5, 0.6) is 0 Å². The molecule has 1 heterocycles. The first-order valence-electron chi connectivity index (χ1n) is 7.84. The molecule has 0 amide bonds. The lowest BCUT2D eigenvalue weighted by Gasteiger charge is -2.28. The zero-order valence-corrected chi connectivity index (χ0v) is 14.0. The minimum Gasteiger partial charge on any atom is -0.298 e. The number of nitrogens with zero attached hydrogens (tertiary/aromatic N) is 1. The molecule has 3 atom stereocenters. The number of likely N-dealkylation sites (tertiary alicyclic amines) is 1. The van der Waals surface area contributed by atoms with Crippen molar-refractivity contribution in [3.05, 3.63) is 48.0 Å². The molecule has 0 N–H and O–H groups in total. The summed E-state index contributed by atoms with van der Waals surface area (Å²) in [6.45, 7) is 3.47. The van der Waals surface area contributed by atoms with Gasteiger partial charge in [0, 0.05) is 25.5 Å². The molecule has 1 aliphatic heterocycles. The highest BCUT2D eigenvalue weighted by Crippen LogP contribution is 2.37. The summed E-state index contributed by atoms with van der Waals surface area (Å²) in [6, 6.07) is 10.8. The van der Waals surface area contributed by atoms with E-state index in [-0.39, 0.29) is 12.4 Å². The lowest BCUT2D eigenvalue weighted by atomic mass is 9.78. The molecule has 2 aliphatic rings. The fraction of sp³-hybridized carbons (Fsp3) is 0.556. The SMILES string of the molecule is Cl.ClC[C@@H]1CN(Cc2ccccc2)C[C@@H]1C1CC=CCC1. The van der Waals surface area contributed by atoms with Crippen molar-refractivity contribution in [1.82, 2.24) is 4.90 Å². The standard InChI is InChI=1S/C18H24ClN.ClH/c19-11-17-13-20(12-15-7-3-1-4-8-15)14-18(17)16-9-5-2-6-10-16;/h1-5,7-8,16-18H,6,9-14H2;1H/t16?,17-,18-;/m1./s1. The molecule has 1 saturated heterocycles. The van der Waals surface area contributed by atoms with Gasteiger partial charge in [-0.1, -0.05) is 42.5 Å². The van der Waals surface area contributed by atoms with E-state index < -0.39 is 0 Å². The Labute approximate surface area is 139 Å². The van der Waals surface area contributed by atoms with E-state index in [1.807, 2.05) is 0 Å². The van der Waals surface area contributed by atoms with Crippen LogP contribution in [0.2, 0.25) is 0 Å². The van der Waals surface area contributed by atoms with E-state index in [0.29, 0.717) is 5.92 Å². The van der Waals surface area contributed by atoms with E-state index in [1.165, 1.54) is 37.9 Å². The van der Waals surface area contributed by atoms with E-state index in [4.69, 9.17) is 11.6 Å². The highest BCUT2D eigenvalue weighted by molar-refractivity contribution is 6.18. The summed E-state index contributed by atoms with van der Waals surface area (Å²) < 4.78 is 0. The van der Waals surface area contributed by atoms with Gasteiger partial charge in [-0.2, -0.15) is 0 Å². The summed E-state index contributed by atoms with van der Waals surface area (Å²) >= 11 is 6.25. The molecule has 0 radical (unpaired) electrons.